The van der Waals surface area contributed by atoms with Crippen molar-refractivity contribution in [1.29, 1.82) is 0 Å². The van der Waals surface area contributed by atoms with Gasteiger partial charge in [-0.2, -0.15) is 4.67 Å². The highest BCUT2D eigenvalue weighted by Gasteiger charge is 2.47. The molecule has 1 fully saturated rings. The molecule has 112 valence electrons. The Kier molecular flexibility index (Phi) is 5.19. The molecule has 0 aliphatic carbocycles. The van der Waals surface area contributed by atoms with Crippen molar-refractivity contribution in [2.45, 2.75) is 58.3 Å². The Balaban J connectivity index is 2.16. The minimum Gasteiger partial charge on any atom is -0.641 e. The quantitative estimate of drug-likeness (QED) is 0.800. The van der Waals surface area contributed by atoms with Crippen LogP contribution >= 0.6 is 7.87 Å². The van der Waals surface area contributed by atoms with Gasteiger partial charge in [0.05, 0.1) is 0 Å². The van der Waals surface area contributed by atoms with Crippen LogP contribution in [0.25, 0.3) is 0 Å². The van der Waals surface area contributed by atoms with E-state index in [9.17, 15) is 4.89 Å². The van der Waals surface area contributed by atoms with Crippen LogP contribution in [-0.2, 0) is 10.9 Å². The topological polar surface area (TPSA) is 35.5 Å². The standard InChI is InChI=1S/C16H26NO2P/c1-13(2)17-11-10-14(3)19-20(17,18)15(4)12-16-8-6-5-7-9-16/h5-9,13-15H,10-12H2,1-4H3/t14-,15-,20?/m0/s1. The molecule has 2 rings (SSSR count). The van der Waals surface area contributed by atoms with Crippen LogP contribution in [0.15, 0.2) is 30.3 Å². The van der Waals surface area contributed by atoms with Crippen molar-refractivity contribution in [2.24, 2.45) is 0 Å². The molecule has 0 bridgehead atoms. The average Bonchev–Trinajstić information content (AvgIpc) is 2.39. The van der Waals surface area contributed by atoms with Crippen molar-refractivity contribution >= 4 is 7.87 Å². The molecule has 1 unspecified atom stereocenters. The summed E-state index contributed by atoms with van der Waals surface area (Å²) >= 11 is 0. The van der Waals surface area contributed by atoms with Gasteiger partial charge in [0, 0.05) is 19.0 Å². The second-order valence-corrected chi connectivity index (χ2v) is 8.80. The maximum atomic E-state index is 13.4. The fourth-order valence-electron chi connectivity index (χ4n) is 2.83. The SMILES string of the molecule is CC(C)N1CC[C@H](C)O[P+]1([O-])[C@@H](C)Cc1ccccc1. The Bertz CT molecular complexity index is 426. The lowest BCUT2D eigenvalue weighted by Crippen LogP contribution is -2.48. The van der Waals surface area contributed by atoms with E-state index < -0.39 is 7.87 Å². The summed E-state index contributed by atoms with van der Waals surface area (Å²) in [7, 11) is -2.76. The van der Waals surface area contributed by atoms with Gasteiger partial charge in [-0.1, -0.05) is 30.3 Å². The molecule has 4 heteroatoms. The Morgan fingerprint density at radius 3 is 2.55 bits per heavy atom. The maximum absolute atomic E-state index is 13.4. The molecule has 20 heavy (non-hydrogen) atoms. The summed E-state index contributed by atoms with van der Waals surface area (Å²) in [5.74, 6) is 0. The summed E-state index contributed by atoms with van der Waals surface area (Å²) in [6.45, 7) is 9.15. The summed E-state index contributed by atoms with van der Waals surface area (Å²) in [6.07, 6.45) is 1.85. The van der Waals surface area contributed by atoms with Crippen LogP contribution in [-0.4, -0.2) is 29.0 Å². The zero-order chi connectivity index (χ0) is 14.8. The molecule has 1 heterocycles. The van der Waals surface area contributed by atoms with E-state index in [1.807, 2.05) is 25.1 Å². The van der Waals surface area contributed by atoms with Gasteiger partial charge in [0.15, 0.2) is 7.87 Å². The highest BCUT2D eigenvalue weighted by atomic mass is 31.2. The predicted octanol–water partition coefficient (Wildman–Crippen LogP) is 3.26. The summed E-state index contributed by atoms with van der Waals surface area (Å²) in [5.41, 5.74) is 1.25. The third-order valence-corrected chi connectivity index (χ3v) is 7.32. The Hall–Kier alpha value is -0.470. The van der Waals surface area contributed by atoms with Crippen molar-refractivity contribution < 1.29 is 9.42 Å². The lowest BCUT2D eigenvalue weighted by atomic mass is 10.1. The Morgan fingerprint density at radius 1 is 1.30 bits per heavy atom. The zero-order valence-corrected chi connectivity index (χ0v) is 13.8. The molecule has 0 radical (unpaired) electrons. The normalized spacial score (nSPS) is 29.6. The molecule has 0 N–H and O–H groups in total. The molecule has 3 atom stereocenters. The van der Waals surface area contributed by atoms with Gasteiger partial charge >= 0.3 is 0 Å². The highest BCUT2D eigenvalue weighted by molar-refractivity contribution is 7.62. The number of hydrogen-bond donors (Lipinski definition) is 0. The molecular formula is C16H26NO2P. The fourth-order valence-corrected chi connectivity index (χ4v) is 5.77. The van der Waals surface area contributed by atoms with E-state index in [0.717, 1.165) is 19.4 Å². The Morgan fingerprint density at radius 2 is 1.95 bits per heavy atom. The van der Waals surface area contributed by atoms with Crippen LogP contribution in [0.1, 0.15) is 39.7 Å². The first kappa shape index (κ1) is 15.9. The van der Waals surface area contributed by atoms with E-state index >= 15 is 0 Å². The van der Waals surface area contributed by atoms with Crippen LogP contribution in [0.2, 0.25) is 0 Å². The van der Waals surface area contributed by atoms with E-state index in [1.54, 1.807) is 0 Å². The number of nitrogens with zero attached hydrogens (tertiary/aromatic N) is 1. The van der Waals surface area contributed by atoms with Crippen LogP contribution in [0.5, 0.6) is 0 Å². The summed E-state index contributed by atoms with van der Waals surface area (Å²) in [6, 6.07) is 10.5. The Labute approximate surface area is 123 Å². The van der Waals surface area contributed by atoms with Gasteiger partial charge in [-0.05, 0) is 39.7 Å². The minimum atomic E-state index is -2.76. The first-order valence-electron chi connectivity index (χ1n) is 7.52. The molecule has 3 nitrogen and oxygen atoms in total. The fraction of sp³-hybridized carbons (Fsp3) is 0.625. The summed E-state index contributed by atoms with van der Waals surface area (Å²) in [4.78, 5) is 13.4. The van der Waals surface area contributed by atoms with Gasteiger partial charge in [0.25, 0.3) is 0 Å². The van der Waals surface area contributed by atoms with Crippen molar-refractivity contribution in [3.63, 3.8) is 0 Å². The molecule has 0 saturated carbocycles. The molecule has 0 spiro atoms. The van der Waals surface area contributed by atoms with E-state index in [1.165, 1.54) is 5.56 Å². The van der Waals surface area contributed by atoms with E-state index in [2.05, 4.69) is 37.6 Å². The zero-order valence-electron chi connectivity index (χ0n) is 13.0. The molecule has 1 aromatic carbocycles. The van der Waals surface area contributed by atoms with Crippen LogP contribution in [0.4, 0.5) is 0 Å². The third kappa shape index (κ3) is 3.40. The number of benzene rings is 1. The first-order valence-corrected chi connectivity index (χ1v) is 9.17. The van der Waals surface area contributed by atoms with Crippen molar-refractivity contribution in [2.75, 3.05) is 6.54 Å². The molecule has 1 aliphatic heterocycles. The van der Waals surface area contributed by atoms with Crippen molar-refractivity contribution in [3.05, 3.63) is 35.9 Å². The maximum Gasteiger partial charge on any atom is 0.177 e. The molecule has 1 aliphatic rings. The molecular weight excluding hydrogens is 269 g/mol. The highest BCUT2D eigenvalue weighted by Crippen LogP contribution is 2.63. The van der Waals surface area contributed by atoms with Crippen LogP contribution in [0.3, 0.4) is 0 Å². The van der Waals surface area contributed by atoms with E-state index in [0.29, 0.717) is 0 Å². The first-order chi connectivity index (χ1) is 9.43. The van der Waals surface area contributed by atoms with Gasteiger partial charge in [0.1, 0.15) is 11.8 Å². The monoisotopic (exact) mass is 295 g/mol. The van der Waals surface area contributed by atoms with E-state index in [-0.39, 0.29) is 17.8 Å². The predicted molar refractivity (Wildman–Crippen MR) is 83.5 cm³/mol. The molecule has 1 saturated heterocycles. The van der Waals surface area contributed by atoms with Gasteiger partial charge in [-0.15, -0.1) is 0 Å². The number of hydrogen-bond acceptors (Lipinski definition) is 3. The largest absolute Gasteiger partial charge is 0.641 e. The second-order valence-electron chi connectivity index (χ2n) is 6.06. The summed E-state index contributed by atoms with van der Waals surface area (Å²) in [5, 5.41) is 0. The van der Waals surface area contributed by atoms with Crippen LogP contribution in [0, 0.1) is 0 Å². The summed E-state index contributed by atoms with van der Waals surface area (Å²) < 4.78 is 8.05. The van der Waals surface area contributed by atoms with E-state index in [4.69, 9.17) is 4.52 Å². The van der Waals surface area contributed by atoms with Gasteiger partial charge in [0.2, 0.25) is 0 Å². The average molecular weight is 295 g/mol. The minimum absolute atomic E-state index is 0.0232. The smallest absolute Gasteiger partial charge is 0.177 e. The molecule has 0 amide bonds. The molecule has 0 aromatic heterocycles. The number of rotatable bonds is 4. The lowest BCUT2D eigenvalue weighted by molar-refractivity contribution is -0.220. The molecule has 1 aromatic rings. The van der Waals surface area contributed by atoms with Crippen molar-refractivity contribution in [3.8, 4) is 0 Å². The lowest BCUT2D eigenvalue weighted by Gasteiger charge is -2.48. The van der Waals surface area contributed by atoms with Gasteiger partial charge < -0.3 is 4.89 Å². The van der Waals surface area contributed by atoms with Crippen molar-refractivity contribution in [1.82, 2.24) is 4.67 Å². The van der Waals surface area contributed by atoms with Gasteiger partial charge in [-0.25, -0.2) is 4.52 Å². The van der Waals surface area contributed by atoms with Gasteiger partial charge in [-0.3, -0.25) is 0 Å². The third-order valence-electron chi connectivity index (χ3n) is 3.98. The van der Waals surface area contributed by atoms with Crippen LogP contribution < -0.4 is 4.89 Å². The second kappa shape index (κ2) is 6.53.